The number of rotatable bonds is 7. The molecule has 0 unspecified atom stereocenters. The Morgan fingerprint density at radius 3 is 2.31 bits per heavy atom. The zero-order valence-electron chi connectivity index (χ0n) is 8.47. The predicted octanol–water partition coefficient (Wildman–Crippen LogP) is 2.09. The summed E-state index contributed by atoms with van der Waals surface area (Å²) in [5.41, 5.74) is 0. The van der Waals surface area contributed by atoms with Gasteiger partial charge in [0.15, 0.2) is 0 Å². The van der Waals surface area contributed by atoms with Gasteiger partial charge in [-0.1, -0.05) is 13.8 Å². The van der Waals surface area contributed by atoms with Crippen LogP contribution in [0, 0.1) is 0 Å². The highest BCUT2D eigenvalue weighted by Gasteiger charge is 1.99. The lowest BCUT2D eigenvalue weighted by molar-refractivity contribution is -0.143. The minimum atomic E-state index is -0.165. The maximum absolute atomic E-state index is 10.9. The average molecular weight is 186 g/mol. The molecule has 0 saturated carbocycles. The fourth-order valence-electron chi connectivity index (χ4n) is 0.889. The van der Waals surface area contributed by atoms with Crippen LogP contribution < -0.4 is 0 Å². The van der Waals surface area contributed by atoms with E-state index >= 15 is 0 Å². The molecule has 0 atom stereocenters. The number of hydrogen-bond donors (Lipinski definition) is 0. The van der Waals surface area contributed by atoms with Crippen molar-refractivity contribution in [3.8, 4) is 0 Å². The summed E-state index contributed by atoms with van der Waals surface area (Å²) in [5.74, 6) is 0.114. The van der Waals surface area contributed by atoms with Crippen molar-refractivity contribution in [3.05, 3.63) is 0 Å². The molecule has 0 amide bonds. The number of Topliss-reactive ketones (excluding diaryl/α,β-unsaturated/α-hetero) is 1. The van der Waals surface area contributed by atoms with Crippen LogP contribution in [0.4, 0.5) is 0 Å². The largest absolute Gasteiger partial charge is 0.466 e. The lowest BCUT2D eigenvalue weighted by Gasteiger charge is -2.01. The van der Waals surface area contributed by atoms with E-state index in [4.69, 9.17) is 4.74 Å². The molecule has 13 heavy (non-hydrogen) atoms. The maximum atomic E-state index is 10.9. The number of carbonyl (C=O) groups excluding carboxylic acids is 2. The van der Waals surface area contributed by atoms with Gasteiger partial charge in [-0.2, -0.15) is 0 Å². The zero-order chi connectivity index (χ0) is 10.1. The van der Waals surface area contributed by atoms with Crippen molar-refractivity contribution in [2.45, 2.75) is 46.0 Å². The van der Waals surface area contributed by atoms with Gasteiger partial charge in [-0.15, -0.1) is 0 Å². The van der Waals surface area contributed by atoms with Crippen LogP contribution in [-0.2, 0) is 14.3 Å². The van der Waals surface area contributed by atoms with Crippen molar-refractivity contribution in [2.24, 2.45) is 0 Å². The van der Waals surface area contributed by atoms with E-state index in [1.807, 2.05) is 6.92 Å². The Hall–Kier alpha value is -0.860. The molecule has 0 aromatic rings. The summed E-state index contributed by atoms with van der Waals surface area (Å²) in [6.07, 6.45) is 3.25. The van der Waals surface area contributed by atoms with Crippen molar-refractivity contribution >= 4 is 11.8 Å². The monoisotopic (exact) mass is 186 g/mol. The van der Waals surface area contributed by atoms with Gasteiger partial charge in [-0.25, -0.2) is 0 Å². The summed E-state index contributed by atoms with van der Waals surface area (Å²) in [4.78, 5) is 21.5. The molecule has 0 fully saturated rings. The van der Waals surface area contributed by atoms with E-state index < -0.39 is 0 Å². The number of esters is 1. The summed E-state index contributed by atoms with van der Waals surface area (Å²) in [6, 6.07) is 0. The van der Waals surface area contributed by atoms with Crippen molar-refractivity contribution in [3.63, 3.8) is 0 Å². The van der Waals surface area contributed by atoms with E-state index in [0.29, 0.717) is 25.9 Å². The highest BCUT2D eigenvalue weighted by Crippen LogP contribution is 1.99. The zero-order valence-corrected chi connectivity index (χ0v) is 8.47. The summed E-state index contributed by atoms with van der Waals surface area (Å²) < 4.78 is 4.86. The molecule has 0 aliphatic rings. The Labute approximate surface area is 79.5 Å². The van der Waals surface area contributed by atoms with Crippen molar-refractivity contribution in [1.82, 2.24) is 0 Å². The Kier molecular flexibility index (Phi) is 7.26. The van der Waals surface area contributed by atoms with Gasteiger partial charge < -0.3 is 4.74 Å². The van der Waals surface area contributed by atoms with Crippen molar-refractivity contribution < 1.29 is 14.3 Å². The lowest BCUT2D eigenvalue weighted by atomic mass is 10.1. The van der Waals surface area contributed by atoms with Crippen LogP contribution in [-0.4, -0.2) is 18.4 Å². The van der Waals surface area contributed by atoms with Crippen LogP contribution >= 0.6 is 0 Å². The summed E-state index contributed by atoms with van der Waals surface area (Å²) >= 11 is 0. The first-order chi connectivity index (χ1) is 6.20. The van der Waals surface area contributed by atoms with Crippen LogP contribution in [0.3, 0.4) is 0 Å². The molecular weight excluding hydrogens is 168 g/mol. The third-order valence-corrected chi connectivity index (χ3v) is 1.80. The normalized spacial score (nSPS) is 9.69. The molecule has 0 aromatic heterocycles. The van der Waals surface area contributed by atoms with Gasteiger partial charge in [-0.05, 0) is 12.8 Å². The highest BCUT2D eigenvalue weighted by atomic mass is 16.5. The van der Waals surface area contributed by atoms with Crippen LogP contribution in [0.5, 0.6) is 0 Å². The molecule has 0 aliphatic carbocycles. The van der Waals surface area contributed by atoms with E-state index in [-0.39, 0.29) is 11.8 Å². The number of hydrogen-bond acceptors (Lipinski definition) is 3. The van der Waals surface area contributed by atoms with Gasteiger partial charge in [0.1, 0.15) is 5.78 Å². The molecular formula is C10H18O3. The summed E-state index contributed by atoms with van der Waals surface area (Å²) in [6.45, 7) is 4.08. The Morgan fingerprint density at radius 1 is 1.08 bits per heavy atom. The van der Waals surface area contributed by atoms with E-state index in [1.54, 1.807) is 6.92 Å². The average Bonchev–Trinajstić information content (AvgIpc) is 2.16. The van der Waals surface area contributed by atoms with Gasteiger partial charge in [0.2, 0.25) is 0 Å². The highest BCUT2D eigenvalue weighted by molar-refractivity contribution is 5.77. The standard InChI is InChI=1S/C10H18O3/c1-3-9(11)7-5-6-8-13-10(12)4-2/h3-8H2,1-2H3. The van der Waals surface area contributed by atoms with Gasteiger partial charge in [0.05, 0.1) is 6.61 Å². The first kappa shape index (κ1) is 12.1. The smallest absolute Gasteiger partial charge is 0.305 e. The van der Waals surface area contributed by atoms with Gasteiger partial charge in [0, 0.05) is 19.3 Å². The lowest BCUT2D eigenvalue weighted by Crippen LogP contribution is -2.04. The van der Waals surface area contributed by atoms with Gasteiger partial charge in [-0.3, -0.25) is 9.59 Å². The molecule has 0 rings (SSSR count). The van der Waals surface area contributed by atoms with Crippen LogP contribution in [0.2, 0.25) is 0 Å². The molecule has 0 aliphatic heterocycles. The molecule has 0 aromatic carbocycles. The maximum Gasteiger partial charge on any atom is 0.305 e. The van der Waals surface area contributed by atoms with Gasteiger partial charge in [0.25, 0.3) is 0 Å². The fourth-order valence-corrected chi connectivity index (χ4v) is 0.889. The van der Waals surface area contributed by atoms with Crippen LogP contribution in [0.15, 0.2) is 0 Å². The van der Waals surface area contributed by atoms with E-state index in [9.17, 15) is 9.59 Å². The molecule has 3 nitrogen and oxygen atoms in total. The molecule has 0 heterocycles. The summed E-state index contributed by atoms with van der Waals surface area (Å²) in [5, 5.41) is 0. The number of ether oxygens (including phenoxy) is 1. The molecule has 0 radical (unpaired) electrons. The Morgan fingerprint density at radius 2 is 1.77 bits per heavy atom. The fraction of sp³-hybridized carbons (Fsp3) is 0.800. The van der Waals surface area contributed by atoms with E-state index in [0.717, 1.165) is 12.8 Å². The molecule has 0 bridgehead atoms. The quantitative estimate of drug-likeness (QED) is 0.451. The minimum Gasteiger partial charge on any atom is -0.466 e. The SMILES string of the molecule is CCC(=O)CCCCOC(=O)CC. The second kappa shape index (κ2) is 7.77. The number of unbranched alkanes of at least 4 members (excludes halogenated alkanes) is 1. The first-order valence-electron chi connectivity index (χ1n) is 4.88. The van der Waals surface area contributed by atoms with E-state index in [2.05, 4.69) is 0 Å². The topological polar surface area (TPSA) is 43.4 Å². The minimum absolute atomic E-state index is 0.165. The van der Waals surface area contributed by atoms with Crippen molar-refractivity contribution in [2.75, 3.05) is 6.61 Å². The molecule has 0 spiro atoms. The Bertz CT molecular complexity index is 146. The predicted molar refractivity (Wildman–Crippen MR) is 50.4 cm³/mol. The summed E-state index contributed by atoms with van der Waals surface area (Å²) in [7, 11) is 0. The molecule has 0 saturated heterocycles. The van der Waals surface area contributed by atoms with E-state index in [1.165, 1.54) is 0 Å². The number of ketones is 1. The molecule has 76 valence electrons. The Balaban J connectivity index is 3.17. The number of carbonyl (C=O) groups is 2. The second-order valence-electron chi connectivity index (χ2n) is 2.92. The second-order valence-corrected chi connectivity index (χ2v) is 2.92. The third kappa shape index (κ3) is 7.50. The van der Waals surface area contributed by atoms with Gasteiger partial charge >= 0.3 is 5.97 Å². The molecule has 3 heteroatoms. The first-order valence-corrected chi connectivity index (χ1v) is 4.88. The molecule has 0 N–H and O–H groups in total. The third-order valence-electron chi connectivity index (χ3n) is 1.80. The van der Waals surface area contributed by atoms with Crippen LogP contribution in [0.1, 0.15) is 46.0 Å². The van der Waals surface area contributed by atoms with Crippen LogP contribution in [0.25, 0.3) is 0 Å². The van der Waals surface area contributed by atoms with Crippen molar-refractivity contribution in [1.29, 1.82) is 0 Å².